The molecule has 2 saturated heterocycles. The van der Waals surface area contributed by atoms with Gasteiger partial charge in [-0.1, -0.05) is 19.9 Å². The number of carboxylic acid groups (broad SMARTS) is 1. The van der Waals surface area contributed by atoms with Crippen molar-refractivity contribution < 1.29 is 9.90 Å². The Bertz CT molecular complexity index is 1610. The number of carbonyl (C=O) groups is 1. The van der Waals surface area contributed by atoms with Crippen LogP contribution in [0.1, 0.15) is 61.6 Å². The van der Waals surface area contributed by atoms with E-state index in [1.807, 2.05) is 24.4 Å². The van der Waals surface area contributed by atoms with Crippen LogP contribution < -0.4 is 9.80 Å². The number of fused-ring (bicyclic) bond motifs is 1. The van der Waals surface area contributed by atoms with Crippen molar-refractivity contribution in [1.82, 2.24) is 19.7 Å². The van der Waals surface area contributed by atoms with Gasteiger partial charge < -0.3 is 14.9 Å². The predicted octanol–water partition coefficient (Wildman–Crippen LogP) is 5.64. The highest BCUT2D eigenvalue weighted by Crippen LogP contribution is 2.40. The van der Waals surface area contributed by atoms with E-state index in [2.05, 4.69) is 51.8 Å². The Morgan fingerprint density at radius 3 is 2.48 bits per heavy atom. The number of carboxylic acids is 1. The smallest absolute Gasteiger partial charge is 0.354 e. The van der Waals surface area contributed by atoms with Crippen LogP contribution in [0.3, 0.4) is 0 Å². The van der Waals surface area contributed by atoms with Gasteiger partial charge in [0.05, 0.1) is 22.8 Å². The molecule has 2 fully saturated rings. The van der Waals surface area contributed by atoms with Crippen molar-refractivity contribution in [2.75, 3.05) is 36.0 Å². The minimum atomic E-state index is -1.09. The van der Waals surface area contributed by atoms with Gasteiger partial charge in [-0.15, -0.1) is 0 Å². The highest BCUT2D eigenvalue weighted by atomic mass is 16.4. The van der Waals surface area contributed by atoms with Crippen molar-refractivity contribution in [1.29, 1.82) is 5.26 Å². The molecule has 1 N–H and O–H groups in total. The molecule has 9 heteroatoms. The molecule has 0 radical (unpaired) electrons. The number of hydrogen-bond acceptors (Lipinski definition) is 7. The van der Waals surface area contributed by atoms with Crippen molar-refractivity contribution in [3.8, 4) is 22.9 Å². The molecule has 0 bridgehead atoms. The summed E-state index contributed by atoms with van der Waals surface area (Å²) in [5, 5.41) is 25.4. The fourth-order valence-corrected chi connectivity index (χ4v) is 5.97. The quantitative estimate of drug-likeness (QED) is 0.337. The molecule has 2 aliphatic rings. The summed E-state index contributed by atoms with van der Waals surface area (Å²) < 4.78 is 1.80. The topological polar surface area (TPSA) is 111 Å². The van der Waals surface area contributed by atoms with Crippen molar-refractivity contribution in [3.05, 3.63) is 60.2 Å². The Hall–Kier alpha value is -4.45. The number of pyridine rings is 2. The molecule has 5 heterocycles. The first kappa shape index (κ1) is 25.8. The van der Waals surface area contributed by atoms with Gasteiger partial charge in [0, 0.05) is 67.0 Å². The van der Waals surface area contributed by atoms with Crippen LogP contribution in [0, 0.1) is 17.2 Å². The average molecular weight is 536 g/mol. The molecule has 1 aromatic carbocycles. The van der Waals surface area contributed by atoms with Gasteiger partial charge in [-0.3, -0.25) is 4.98 Å². The van der Waals surface area contributed by atoms with Crippen LogP contribution in [0.25, 0.3) is 27.8 Å². The zero-order chi connectivity index (χ0) is 27.8. The number of aromatic carboxylic acids is 1. The molecule has 0 saturated carbocycles. The largest absolute Gasteiger partial charge is 0.477 e. The third-order valence-electron chi connectivity index (χ3n) is 8.08. The first-order valence-corrected chi connectivity index (χ1v) is 14.1. The van der Waals surface area contributed by atoms with Gasteiger partial charge in [-0.25, -0.2) is 14.5 Å². The first-order valence-electron chi connectivity index (χ1n) is 14.1. The molecule has 3 aromatic heterocycles. The number of piperidine rings is 1. The lowest BCUT2D eigenvalue weighted by atomic mass is 9.94. The molecular formula is C31H33N7O2. The Balaban J connectivity index is 1.56. The number of hydrogen-bond donors (Lipinski definition) is 1. The summed E-state index contributed by atoms with van der Waals surface area (Å²) in [4.78, 5) is 26.1. The fourth-order valence-electron chi connectivity index (χ4n) is 5.97. The highest BCUT2D eigenvalue weighted by molar-refractivity contribution is 6.02. The molecule has 6 rings (SSSR count). The van der Waals surface area contributed by atoms with Crippen molar-refractivity contribution in [2.24, 2.45) is 5.92 Å². The second-order valence-electron chi connectivity index (χ2n) is 11.0. The van der Waals surface area contributed by atoms with E-state index in [1.165, 1.54) is 12.8 Å². The summed E-state index contributed by atoms with van der Waals surface area (Å²) in [5.74, 6) is -0.948. The van der Waals surface area contributed by atoms with Crippen LogP contribution in [0.4, 0.5) is 11.4 Å². The fraction of sp³-hybridized carbons (Fsp3) is 0.387. The SMILES string of the molecule is CC(C)c1nn(-c2cccc(N3CCCC3)c2)c2nc(C(=O)O)cc(-c3cnccc3N3CCC(C#N)CC3)c12. The standard InChI is InChI=1S/C31H33N7O2/c1-20(2)29-28-24(25-19-33-11-8-27(25)37-14-9-21(18-32)10-15-37)17-26(31(39)40)34-30(28)38(35-29)23-7-5-6-22(16-23)36-12-3-4-13-36/h5-8,11,16-17,19-21H,3-4,9-10,12-15H2,1-2H3,(H,39,40). The lowest BCUT2D eigenvalue weighted by Crippen LogP contribution is -2.33. The van der Waals surface area contributed by atoms with Crippen LogP contribution in [0.15, 0.2) is 48.8 Å². The van der Waals surface area contributed by atoms with Gasteiger partial charge in [0.15, 0.2) is 11.3 Å². The highest BCUT2D eigenvalue weighted by Gasteiger charge is 2.27. The van der Waals surface area contributed by atoms with E-state index >= 15 is 0 Å². The van der Waals surface area contributed by atoms with Gasteiger partial charge in [0.25, 0.3) is 0 Å². The number of anilines is 2. The summed E-state index contributed by atoms with van der Waals surface area (Å²) in [7, 11) is 0. The summed E-state index contributed by atoms with van der Waals surface area (Å²) >= 11 is 0. The Labute approximate surface area is 233 Å². The maximum atomic E-state index is 12.3. The molecule has 4 aromatic rings. The molecular weight excluding hydrogens is 502 g/mol. The van der Waals surface area contributed by atoms with Crippen molar-refractivity contribution in [3.63, 3.8) is 0 Å². The summed E-state index contributed by atoms with van der Waals surface area (Å²) in [6.45, 7) is 7.77. The van der Waals surface area contributed by atoms with E-state index in [9.17, 15) is 15.2 Å². The number of benzene rings is 1. The van der Waals surface area contributed by atoms with Crippen LogP contribution in [-0.4, -0.2) is 57.0 Å². The monoisotopic (exact) mass is 535 g/mol. The summed E-state index contributed by atoms with van der Waals surface area (Å²) in [6, 6.07) is 14.3. The second-order valence-corrected chi connectivity index (χ2v) is 11.0. The van der Waals surface area contributed by atoms with Gasteiger partial charge in [0.2, 0.25) is 0 Å². The minimum Gasteiger partial charge on any atom is -0.477 e. The lowest BCUT2D eigenvalue weighted by molar-refractivity contribution is 0.0691. The van der Waals surface area contributed by atoms with Gasteiger partial charge in [-0.05, 0) is 61.9 Å². The van der Waals surface area contributed by atoms with Gasteiger partial charge >= 0.3 is 5.97 Å². The average Bonchev–Trinajstić information content (AvgIpc) is 3.66. The second kappa shape index (κ2) is 10.6. The van der Waals surface area contributed by atoms with Crippen molar-refractivity contribution in [2.45, 2.75) is 45.4 Å². The minimum absolute atomic E-state index is 0.0346. The van der Waals surface area contributed by atoms with E-state index in [0.717, 1.165) is 78.3 Å². The number of nitriles is 1. The van der Waals surface area contributed by atoms with E-state index in [-0.39, 0.29) is 17.5 Å². The van der Waals surface area contributed by atoms with Crippen LogP contribution in [0.5, 0.6) is 0 Å². The molecule has 2 aliphatic heterocycles. The van der Waals surface area contributed by atoms with E-state index < -0.39 is 5.97 Å². The number of aromatic nitrogens is 4. The maximum absolute atomic E-state index is 12.3. The number of nitrogens with zero attached hydrogens (tertiary/aromatic N) is 7. The van der Waals surface area contributed by atoms with E-state index in [1.54, 1.807) is 16.9 Å². The normalized spacial score (nSPS) is 16.1. The third-order valence-corrected chi connectivity index (χ3v) is 8.08. The zero-order valence-corrected chi connectivity index (χ0v) is 22.9. The number of rotatable bonds is 6. The van der Waals surface area contributed by atoms with E-state index in [0.29, 0.717) is 5.65 Å². The molecule has 9 nitrogen and oxygen atoms in total. The Morgan fingerprint density at radius 1 is 1.02 bits per heavy atom. The summed E-state index contributed by atoms with van der Waals surface area (Å²) in [5.41, 5.74) is 5.93. The predicted molar refractivity (Wildman–Crippen MR) is 155 cm³/mol. The molecule has 0 unspecified atom stereocenters. The molecule has 40 heavy (non-hydrogen) atoms. The van der Waals surface area contributed by atoms with Gasteiger partial charge in [-0.2, -0.15) is 10.4 Å². The Kier molecular flexibility index (Phi) is 6.84. The van der Waals surface area contributed by atoms with Crippen LogP contribution >= 0.6 is 0 Å². The molecule has 0 atom stereocenters. The Morgan fingerprint density at radius 2 is 1.77 bits per heavy atom. The van der Waals surface area contributed by atoms with Gasteiger partial charge in [0.1, 0.15) is 0 Å². The third kappa shape index (κ3) is 4.64. The lowest BCUT2D eigenvalue weighted by Gasteiger charge is -2.32. The van der Waals surface area contributed by atoms with E-state index in [4.69, 9.17) is 5.10 Å². The van der Waals surface area contributed by atoms with Crippen molar-refractivity contribution >= 4 is 28.4 Å². The molecule has 204 valence electrons. The zero-order valence-electron chi connectivity index (χ0n) is 22.9. The maximum Gasteiger partial charge on any atom is 0.354 e. The van der Waals surface area contributed by atoms with Crippen LogP contribution in [-0.2, 0) is 0 Å². The summed E-state index contributed by atoms with van der Waals surface area (Å²) in [6.07, 6.45) is 7.53. The molecule has 0 spiro atoms. The first-order chi connectivity index (χ1) is 19.4. The molecule has 0 amide bonds. The molecule has 0 aliphatic carbocycles. The van der Waals surface area contributed by atoms with Crippen LogP contribution in [0.2, 0.25) is 0 Å².